The van der Waals surface area contributed by atoms with E-state index in [0.717, 1.165) is 186 Å². The number of nitrogens with two attached hydrogens (primary N) is 1. The topological polar surface area (TPSA) is 147 Å². The van der Waals surface area contributed by atoms with Crippen molar-refractivity contribution in [1.82, 2.24) is 0 Å². The van der Waals surface area contributed by atoms with E-state index in [9.17, 15) is 0 Å². The van der Waals surface area contributed by atoms with Crippen molar-refractivity contribution < 1.29 is 57.7 Å². The number of nitrogens with zero attached hydrogens (tertiary/aromatic N) is 2. The second kappa shape index (κ2) is 35.6. The molecule has 0 fully saturated rings. The van der Waals surface area contributed by atoms with E-state index in [2.05, 4.69) is 177 Å². The lowest BCUT2D eigenvalue weighted by molar-refractivity contribution is -0.672. The number of aliphatic imine (C=N–C) groups is 1. The predicted molar refractivity (Wildman–Crippen MR) is 400 cm³/mol. The van der Waals surface area contributed by atoms with E-state index in [1.807, 2.05) is 19.2 Å². The van der Waals surface area contributed by atoms with Crippen LogP contribution in [0.3, 0.4) is 0 Å². The number of hydrogen-bond donors (Lipinski definition) is 1. The molecule has 0 atom stereocenters. The maximum Gasteiger partial charge on any atom is 0.353 e. The van der Waals surface area contributed by atoms with Crippen molar-refractivity contribution in [2.75, 3.05) is 52.9 Å². The minimum Gasteiger partial charge on any atom is -0.858 e. The Morgan fingerprint density at radius 3 is 0.802 bits per heavy atom. The molecule has 2 aliphatic rings. The van der Waals surface area contributed by atoms with Crippen molar-refractivity contribution in [2.24, 2.45) is 12.0 Å². The quantitative estimate of drug-likeness (QED) is 0.0218. The number of primary amides is 1. The number of amides is 1. The average Bonchev–Trinajstić information content (AvgIpc) is 0.787. The molecule has 0 saturated carbocycles. The summed E-state index contributed by atoms with van der Waals surface area (Å²) in [6.07, 6.45) is 14.4. The summed E-state index contributed by atoms with van der Waals surface area (Å²) in [4.78, 5) is 20.2. The van der Waals surface area contributed by atoms with Crippen molar-refractivity contribution in [1.29, 1.82) is 0 Å². The molecule has 16 bridgehead atoms. The van der Waals surface area contributed by atoms with Gasteiger partial charge in [-0.25, -0.2) is 14.7 Å². The van der Waals surface area contributed by atoms with Crippen LogP contribution in [0.2, 0.25) is 0 Å². The summed E-state index contributed by atoms with van der Waals surface area (Å²) in [5.41, 5.74) is 17.9. The van der Waals surface area contributed by atoms with E-state index in [1.54, 1.807) is 28.3 Å². The molecular formula is C88H102N3O10+. The Labute approximate surface area is 598 Å². The molecule has 0 aliphatic heterocycles. The molecule has 0 saturated heterocycles. The van der Waals surface area contributed by atoms with Gasteiger partial charge < -0.3 is 43.0 Å². The smallest absolute Gasteiger partial charge is 0.353 e. The Morgan fingerprint density at radius 1 is 0.337 bits per heavy atom. The van der Waals surface area contributed by atoms with Gasteiger partial charge >= 0.3 is 5.91 Å². The Hall–Kier alpha value is -9.59. The van der Waals surface area contributed by atoms with E-state index >= 15 is 9.90 Å². The standard InChI is InChI=1S/C88H101N3O10/c1-10-36-94-79-59-24-18-25-60(79)45-64-29-21-33-68(82(64)97-39-13-4)49-72-54-77(53-71(85(72)100-42-16-7)48-67-32-20-28-63(44-59)81(67)96-38-12-3)89-87(92)75-52-76(58-91(9)57-75)88(93)90-78-55-73-50-69-34-22-30-65(83(69)98-40-14-5)46-61-26-19-27-62(80(61)95-37-11-2)47-66-31-23-35-70(84(66)99-41-15-6)51-74(56-78)86(73)101-43-17-8/h18-35,52-58H,10-17,36-51H2,1-9H3,(H-,89,90,92,93)/p+1. The molecule has 528 valence electrons. The van der Waals surface area contributed by atoms with Crippen LogP contribution in [0.25, 0.3) is 0 Å². The number of aromatic nitrogens is 1. The zero-order valence-electron chi connectivity index (χ0n) is 61.0. The molecule has 8 aromatic carbocycles. The summed E-state index contributed by atoms with van der Waals surface area (Å²) in [6.45, 7) is 21.3. The zero-order valence-corrected chi connectivity index (χ0v) is 61.0. The zero-order chi connectivity index (χ0) is 70.6. The second-order valence-electron chi connectivity index (χ2n) is 26.8. The fraction of sp³-hybridized carbons (Fsp3) is 0.375. The molecule has 13 heteroatoms. The van der Waals surface area contributed by atoms with Gasteiger partial charge in [-0.05, 0) is 136 Å². The lowest BCUT2D eigenvalue weighted by atomic mass is 9.91. The predicted octanol–water partition coefficient (Wildman–Crippen LogP) is 16.6. The van der Waals surface area contributed by atoms with Crippen LogP contribution < -0.4 is 52.9 Å². The van der Waals surface area contributed by atoms with Crippen LogP contribution in [0.5, 0.6) is 46.0 Å². The minimum absolute atomic E-state index is 0.263. The lowest BCUT2D eigenvalue weighted by Crippen LogP contribution is -2.82. The molecule has 0 spiro atoms. The van der Waals surface area contributed by atoms with Gasteiger partial charge in [0.15, 0.2) is 12.4 Å². The Balaban J connectivity index is 1.01. The number of ether oxygens (including phenoxy) is 8. The number of pyridine rings is 1. The highest BCUT2D eigenvalue weighted by Gasteiger charge is 2.28. The Kier molecular flexibility index (Phi) is 25.6. The van der Waals surface area contributed by atoms with Gasteiger partial charge in [0.1, 0.15) is 64.3 Å². The number of para-hydroxylation sites is 6. The summed E-state index contributed by atoms with van der Waals surface area (Å²) in [7, 11) is 1.83. The summed E-state index contributed by atoms with van der Waals surface area (Å²) in [5, 5.41) is 16.8. The number of aryl methyl sites for hydroxylation is 1. The Morgan fingerprint density at radius 2 is 0.554 bits per heavy atom. The van der Waals surface area contributed by atoms with Crippen LogP contribution in [-0.4, -0.2) is 64.7 Å². The fourth-order valence-electron chi connectivity index (χ4n) is 13.8. The van der Waals surface area contributed by atoms with Gasteiger partial charge in [-0.3, -0.25) is 4.99 Å². The highest BCUT2D eigenvalue weighted by molar-refractivity contribution is 5.95. The number of rotatable bonds is 28. The highest BCUT2D eigenvalue weighted by atomic mass is 16.5. The second-order valence-corrected chi connectivity index (χ2v) is 26.8. The van der Waals surface area contributed by atoms with Gasteiger partial charge in [0.25, 0.3) is 0 Å². The maximum absolute atomic E-state index is 15.3. The monoisotopic (exact) mass is 1360 g/mol. The van der Waals surface area contributed by atoms with Crippen molar-refractivity contribution in [3.05, 3.63) is 252 Å². The molecule has 2 N–H and O–H groups in total. The van der Waals surface area contributed by atoms with E-state index in [-0.39, 0.29) is 11.5 Å². The first-order valence-electron chi connectivity index (χ1n) is 37.1. The van der Waals surface area contributed by atoms with Gasteiger partial charge in [-0.1, -0.05) is 165 Å². The third kappa shape index (κ3) is 18.0. The molecule has 0 unspecified atom stereocenters. The van der Waals surface area contributed by atoms with Crippen LogP contribution in [0.4, 0.5) is 11.4 Å². The van der Waals surface area contributed by atoms with Crippen molar-refractivity contribution in [3.8, 4) is 46.0 Å². The molecule has 1 aromatic heterocycles. The van der Waals surface area contributed by atoms with E-state index < -0.39 is 5.90 Å². The molecule has 9 aromatic rings. The molecule has 11 rings (SSSR count). The SMILES string of the molecule is CCCOc1c2cccc1Cc1cccc(c1OCCC)Cc1cc(N=C([O-])c3cc(C(=O)[NH2+]c4cc5c(OCCC)c(c4)Cc4cccc(c4OCCC)Cc4cccc(c4OCCC)Cc4cccc(c4OCCC)C5)c[n+](C)c3)cc(c1OCCC)Cc1cccc(c1OCCC)C2. The van der Waals surface area contributed by atoms with Gasteiger partial charge in [0.05, 0.1) is 64.1 Å². The largest absolute Gasteiger partial charge is 0.858 e. The third-order valence-corrected chi connectivity index (χ3v) is 18.3. The van der Waals surface area contributed by atoms with Gasteiger partial charge in [-0.15, -0.1) is 0 Å². The van der Waals surface area contributed by atoms with Gasteiger partial charge in [0, 0.05) is 91.7 Å². The number of carbonyl (C=O) groups excluding carboxylic acids is 1. The first-order valence-corrected chi connectivity index (χ1v) is 37.1. The first-order chi connectivity index (χ1) is 49.4. The lowest BCUT2D eigenvalue weighted by Gasteiger charge is -2.23. The minimum atomic E-state index is -0.494. The summed E-state index contributed by atoms with van der Waals surface area (Å²) >= 11 is 0. The molecule has 0 radical (unpaired) electrons. The number of benzene rings is 8. The van der Waals surface area contributed by atoms with Crippen molar-refractivity contribution in [2.45, 2.75) is 158 Å². The van der Waals surface area contributed by atoms with Gasteiger partial charge in [-0.2, -0.15) is 0 Å². The number of carbonyl (C=O) groups is 1. The fourth-order valence-corrected chi connectivity index (χ4v) is 13.8. The summed E-state index contributed by atoms with van der Waals surface area (Å²) < 4.78 is 56.1. The van der Waals surface area contributed by atoms with Crippen LogP contribution >= 0.6 is 0 Å². The molecule has 1 heterocycles. The summed E-state index contributed by atoms with van der Waals surface area (Å²) in [6, 6.07) is 48.4. The van der Waals surface area contributed by atoms with Crippen molar-refractivity contribution >= 4 is 23.2 Å². The van der Waals surface area contributed by atoms with Crippen molar-refractivity contribution in [3.63, 3.8) is 0 Å². The summed E-state index contributed by atoms with van der Waals surface area (Å²) in [5.74, 6) is 5.92. The molecule has 1 amide bonds. The first kappa shape index (κ1) is 72.7. The highest BCUT2D eigenvalue weighted by Crippen LogP contribution is 2.43. The number of hydrogen-bond acceptors (Lipinski definition) is 11. The van der Waals surface area contributed by atoms with Crippen LogP contribution in [0, 0.1) is 0 Å². The number of fused-ring (bicyclic) bond motifs is 16. The third-order valence-electron chi connectivity index (χ3n) is 18.3. The molecule has 13 nitrogen and oxygen atoms in total. The van der Waals surface area contributed by atoms with E-state index in [1.165, 1.54) is 0 Å². The van der Waals surface area contributed by atoms with Crippen LogP contribution in [-0.2, 0) is 58.4 Å². The van der Waals surface area contributed by atoms with Gasteiger partial charge in [0.2, 0.25) is 0 Å². The van der Waals surface area contributed by atoms with Crippen LogP contribution in [0.15, 0.2) is 157 Å². The average molecular weight is 1360 g/mol. The maximum atomic E-state index is 15.3. The number of quaternary nitrogens is 1. The molecule has 2 aliphatic carbocycles. The van der Waals surface area contributed by atoms with E-state index in [4.69, 9.17) is 42.9 Å². The van der Waals surface area contributed by atoms with Crippen LogP contribution in [0.1, 0.15) is 212 Å². The Bertz CT molecular complexity index is 4160. The normalized spacial score (nSPS) is 12.7. The molecule has 101 heavy (non-hydrogen) atoms. The molecular weight excluding hydrogens is 1260 g/mol. The van der Waals surface area contributed by atoms with E-state index in [0.29, 0.717) is 121 Å².